The molecule has 3 rings (SSSR count). The number of aryl methyl sites for hydroxylation is 1. The van der Waals surface area contributed by atoms with Gasteiger partial charge in [0.1, 0.15) is 6.10 Å². The number of aromatic nitrogens is 2. The van der Waals surface area contributed by atoms with Crippen molar-refractivity contribution in [3.8, 4) is 0 Å². The molecule has 2 saturated heterocycles. The lowest BCUT2D eigenvalue weighted by Crippen LogP contribution is -2.45. The summed E-state index contributed by atoms with van der Waals surface area (Å²) < 4.78 is 7.65. The fraction of sp³-hybridized carbons (Fsp3) is 0.733. The molecule has 2 aliphatic heterocycles. The number of hydrogen-bond donors (Lipinski definition) is 2. The number of hydrogen-bond acceptors (Lipinski definition) is 5. The minimum Gasteiger partial charge on any atom is -0.387 e. The van der Waals surface area contributed by atoms with Crippen LogP contribution in [0.25, 0.3) is 0 Å². The van der Waals surface area contributed by atoms with E-state index in [1.165, 1.54) is 0 Å². The van der Waals surface area contributed by atoms with E-state index in [-0.39, 0.29) is 17.9 Å². The number of aliphatic hydroxyl groups is 1. The fourth-order valence-corrected chi connectivity index (χ4v) is 4.41. The highest BCUT2D eigenvalue weighted by atomic mass is 32.2. The summed E-state index contributed by atoms with van der Waals surface area (Å²) in [6.07, 6.45) is 2.95. The summed E-state index contributed by atoms with van der Waals surface area (Å²) in [7, 11) is 0. The van der Waals surface area contributed by atoms with Gasteiger partial charge in [-0.2, -0.15) is 16.9 Å². The molecule has 7 heteroatoms. The minimum absolute atomic E-state index is 0.0309. The van der Waals surface area contributed by atoms with Crippen molar-refractivity contribution in [2.24, 2.45) is 5.92 Å². The Balaban J connectivity index is 1.64. The first-order chi connectivity index (χ1) is 10.6. The van der Waals surface area contributed by atoms with Crippen LogP contribution in [0.3, 0.4) is 0 Å². The first-order valence-electron chi connectivity index (χ1n) is 7.84. The van der Waals surface area contributed by atoms with Crippen molar-refractivity contribution < 1.29 is 14.6 Å². The Bertz CT molecular complexity index is 528. The molecule has 6 nitrogen and oxygen atoms in total. The monoisotopic (exact) mass is 325 g/mol. The van der Waals surface area contributed by atoms with Gasteiger partial charge in [0.25, 0.3) is 0 Å². The predicted octanol–water partition coefficient (Wildman–Crippen LogP) is 0.965. The molecule has 1 aromatic rings. The largest absolute Gasteiger partial charge is 0.387 e. The smallest absolute Gasteiger partial charge is 0.226 e. The average molecular weight is 325 g/mol. The Kier molecular flexibility index (Phi) is 4.75. The van der Waals surface area contributed by atoms with Gasteiger partial charge in [0.05, 0.1) is 17.2 Å². The normalized spacial score (nSPS) is 31.5. The maximum atomic E-state index is 12.5. The van der Waals surface area contributed by atoms with Crippen molar-refractivity contribution in [2.75, 3.05) is 24.7 Å². The van der Waals surface area contributed by atoms with Crippen LogP contribution in [0.5, 0.6) is 0 Å². The summed E-state index contributed by atoms with van der Waals surface area (Å²) in [5.74, 6) is 1.41. The molecule has 0 radical (unpaired) electrons. The van der Waals surface area contributed by atoms with Gasteiger partial charge in [-0.25, -0.2) is 0 Å². The van der Waals surface area contributed by atoms with Crippen molar-refractivity contribution in [1.82, 2.24) is 15.1 Å². The molecular weight excluding hydrogens is 302 g/mol. The zero-order valence-electron chi connectivity index (χ0n) is 12.8. The SMILES string of the molecule is CCn1nccc1[C@@H]1OCC[C@H]1C(=O)NC[C@@]1(O)CCSC1. The second kappa shape index (κ2) is 6.60. The maximum absolute atomic E-state index is 12.5. The molecule has 1 amide bonds. The summed E-state index contributed by atoms with van der Waals surface area (Å²) in [6.45, 7) is 3.69. The highest BCUT2D eigenvalue weighted by molar-refractivity contribution is 7.99. The molecule has 2 fully saturated rings. The molecule has 0 bridgehead atoms. The van der Waals surface area contributed by atoms with E-state index in [0.717, 1.165) is 24.4 Å². The summed E-state index contributed by atoms with van der Waals surface area (Å²) in [4.78, 5) is 12.5. The molecule has 0 saturated carbocycles. The standard InChI is InChI=1S/C15H23N3O3S/c1-2-18-12(3-6-17-18)13-11(4-7-21-13)14(19)16-9-15(20)5-8-22-10-15/h3,6,11,13,20H,2,4-5,7-10H2,1H3,(H,16,19)/t11-,13-,15+/m1/s1. The molecular formula is C15H23N3O3S. The van der Waals surface area contributed by atoms with Crippen LogP contribution in [-0.4, -0.2) is 51.1 Å². The van der Waals surface area contributed by atoms with Gasteiger partial charge in [-0.3, -0.25) is 9.48 Å². The number of ether oxygens (including phenoxy) is 1. The van der Waals surface area contributed by atoms with Crippen LogP contribution < -0.4 is 5.32 Å². The third-order valence-electron chi connectivity index (χ3n) is 4.44. The van der Waals surface area contributed by atoms with Gasteiger partial charge in [-0.1, -0.05) is 0 Å². The summed E-state index contributed by atoms with van der Waals surface area (Å²) >= 11 is 1.73. The van der Waals surface area contributed by atoms with Crippen LogP contribution >= 0.6 is 11.8 Å². The Labute approximate surface area is 134 Å². The number of carbonyl (C=O) groups excluding carboxylic acids is 1. The number of amides is 1. The summed E-state index contributed by atoms with van der Waals surface area (Å²) in [5, 5.41) is 17.5. The van der Waals surface area contributed by atoms with E-state index in [4.69, 9.17) is 4.74 Å². The van der Waals surface area contributed by atoms with E-state index in [9.17, 15) is 9.90 Å². The molecule has 0 spiro atoms. The zero-order chi connectivity index (χ0) is 15.6. The van der Waals surface area contributed by atoms with Crippen LogP contribution in [0.15, 0.2) is 12.3 Å². The van der Waals surface area contributed by atoms with Gasteiger partial charge in [0.2, 0.25) is 5.91 Å². The van der Waals surface area contributed by atoms with Crippen LogP contribution in [0.1, 0.15) is 31.6 Å². The third-order valence-corrected chi connectivity index (χ3v) is 5.68. The Morgan fingerprint density at radius 2 is 2.55 bits per heavy atom. The number of thioether (sulfide) groups is 1. The molecule has 0 unspecified atom stereocenters. The Morgan fingerprint density at radius 1 is 1.68 bits per heavy atom. The molecule has 2 aliphatic rings. The van der Waals surface area contributed by atoms with E-state index in [2.05, 4.69) is 10.4 Å². The number of nitrogens with zero attached hydrogens (tertiary/aromatic N) is 2. The average Bonchev–Trinajstić information content (AvgIpc) is 3.24. The Morgan fingerprint density at radius 3 is 3.27 bits per heavy atom. The molecule has 1 aromatic heterocycles. The van der Waals surface area contributed by atoms with E-state index in [0.29, 0.717) is 25.3 Å². The van der Waals surface area contributed by atoms with Crippen LogP contribution in [0.4, 0.5) is 0 Å². The van der Waals surface area contributed by atoms with E-state index in [1.54, 1.807) is 18.0 Å². The molecule has 2 N–H and O–H groups in total. The van der Waals surface area contributed by atoms with Crippen LogP contribution in [0.2, 0.25) is 0 Å². The quantitative estimate of drug-likeness (QED) is 0.843. The number of nitrogens with one attached hydrogen (secondary N) is 1. The summed E-state index contributed by atoms with van der Waals surface area (Å²) in [5.41, 5.74) is 0.204. The first-order valence-corrected chi connectivity index (χ1v) is 8.99. The van der Waals surface area contributed by atoms with E-state index in [1.807, 2.05) is 17.7 Å². The molecule has 0 aliphatic carbocycles. The van der Waals surface area contributed by atoms with Crippen molar-refractivity contribution in [3.05, 3.63) is 18.0 Å². The lowest BCUT2D eigenvalue weighted by Gasteiger charge is -2.24. The fourth-order valence-electron chi connectivity index (χ4n) is 3.12. The molecule has 3 atom stereocenters. The molecule has 0 aromatic carbocycles. The van der Waals surface area contributed by atoms with Gasteiger partial charge in [-0.15, -0.1) is 0 Å². The van der Waals surface area contributed by atoms with Gasteiger partial charge in [0.15, 0.2) is 0 Å². The van der Waals surface area contributed by atoms with Crippen molar-refractivity contribution in [3.63, 3.8) is 0 Å². The van der Waals surface area contributed by atoms with Gasteiger partial charge < -0.3 is 15.2 Å². The second-order valence-corrected chi connectivity index (χ2v) is 7.11. The van der Waals surface area contributed by atoms with Crippen LogP contribution in [-0.2, 0) is 16.1 Å². The zero-order valence-corrected chi connectivity index (χ0v) is 13.6. The Hall–Kier alpha value is -1.05. The van der Waals surface area contributed by atoms with Crippen molar-refractivity contribution in [1.29, 1.82) is 0 Å². The lowest BCUT2D eigenvalue weighted by atomic mass is 9.97. The van der Waals surface area contributed by atoms with Gasteiger partial charge in [-0.05, 0) is 31.6 Å². The minimum atomic E-state index is -0.750. The lowest BCUT2D eigenvalue weighted by molar-refractivity contribution is -0.128. The van der Waals surface area contributed by atoms with Crippen molar-refractivity contribution >= 4 is 17.7 Å². The van der Waals surface area contributed by atoms with Gasteiger partial charge >= 0.3 is 0 Å². The molecule has 22 heavy (non-hydrogen) atoms. The number of carbonyl (C=O) groups is 1. The molecule has 122 valence electrons. The summed E-state index contributed by atoms with van der Waals surface area (Å²) in [6, 6.07) is 1.92. The van der Waals surface area contributed by atoms with E-state index < -0.39 is 5.60 Å². The predicted molar refractivity (Wildman–Crippen MR) is 84.6 cm³/mol. The highest BCUT2D eigenvalue weighted by Crippen LogP contribution is 2.35. The maximum Gasteiger partial charge on any atom is 0.226 e. The number of rotatable bonds is 5. The topological polar surface area (TPSA) is 76.4 Å². The first kappa shape index (κ1) is 15.8. The van der Waals surface area contributed by atoms with Crippen LogP contribution in [0, 0.1) is 5.92 Å². The second-order valence-electron chi connectivity index (χ2n) is 6.00. The third kappa shape index (κ3) is 3.16. The van der Waals surface area contributed by atoms with Gasteiger partial charge in [0, 0.05) is 31.6 Å². The van der Waals surface area contributed by atoms with E-state index >= 15 is 0 Å². The molecule has 3 heterocycles. The highest BCUT2D eigenvalue weighted by Gasteiger charge is 2.38. The van der Waals surface area contributed by atoms with Crippen molar-refractivity contribution in [2.45, 2.75) is 38.0 Å².